The third-order valence-corrected chi connectivity index (χ3v) is 2.51. The Hall–Kier alpha value is -2.23. The molecule has 0 amide bonds. The van der Waals surface area contributed by atoms with Crippen LogP contribution in [0.15, 0.2) is 36.9 Å². The van der Waals surface area contributed by atoms with Gasteiger partial charge in [0.25, 0.3) is 0 Å². The van der Waals surface area contributed by atoms with E-state index in [1.54, 1.807) is 12.4 Å². The van der Waals surface area contributed by atoms with Gasteiger partial charge in [-0.25, -0.2) is 9.97 Å². The van der Waals surface area contributed by atoms with Crippen molar-refractivity contribution in [1.82, 2.24) is 19.9 Å². The Labute approximate surface area is 92.4 Å². The van der Waals surface area contributed by atoms with Crippen LogP contribution < -0.4 is 0 Å². The second-order valence-electron chi connectivity index (χ2n) is 3.65. The van der Waals surface area contributed by atoms with Crippen LogP contribution >= 0.6 is 0 Å². The molecule has 3 aromatic rings. The summed E-state index contributed by atoms with van der Waals surface area (Å²) >= 11 is 0. The molecule has 3 rings (SSSR count). The first-order valence-electron chi connectivity index (χ1n) is 5.05. The smallest absolute Gasteiger partial charge is 0.125 e. The maximum absolute atomic E-state index is 4.37. The van der Waals surface area contributed by atoms with Crippen LogP contribution in [0.5, 0.6) is 0 Å². The van der Waals surface area contributed by atoms with Crippen LogP contribution in [-0.4, -0.2) is 19.9 Å². The summed E-state index contributed by atoms with van der Waals surface area (Å²) in [5.41, 5.74) is 2.87. The minimum Gasteiger partial charge on any atom is -0.360 e. The monoisotopic (exact) mass is 210 g/mol. The van der Waals surface area contributed by atoms with E-state index in [0.29, 0.717) is 0 Å². The van der Waals surface area contributed by atoms with Crippen molar-refractivity contribution in [2.24, 2.45) is 0 Å². The van der Waals surface area contributed by atoms with E-state index >= 15 is 0 Å². The molecule has 0 aromatic carbocycles. The van der Waals surface area contributed by atoms with Crippen LogP contribution in [0.2, 0.25) is 0 Å². The molecule has 0 spiro atoms. The van der Waals surface area contributed by atoms with Crippen LogP contribution in [0.25, 0.3) is 22.2 Å². The average molecular weight is 210 g/mol. The molecule has 3 aromatic heterocycles. The van der Waals surface area contributed by atoms with Gasteiger partial charge in [-0.05, 0) is 19.1 Å². The molecule has 0 saturated heterocycles. The van der Waals surface area contributed by atoms with Gasteiger partial charge in [-0.1, -0.05) is 0 Å². The number of aromatic amines is 1. The van der Waals surface area contributed by atoms with Crippen molar-refractivity contribution in [3.63, 3.8) is 0 Å². The molecule has 0 unspecified atom stereocenters. The predicted molar refractivity (Wildman–Crippen MR) is 61.9 cm³/mol. The number of hydrogen-bond acceptors (Lipinski definition) is 3. The van der Waals surface area contributed by atoms with E-state index in [0.717, 1.165) is 28.0 Å². The van der Waals surface area contributed by atoms with Crippen LogP contribution in [-0.2, 0) is 0 Å². The number of aryl methyl sites for hydroxylation is 1. The van der Waals surface area contributed by atoms with E-state index in [1.807, 2.05) is 31.5 Å². The van der Waals surface area contributed by atoms with Gasteiger partial charge in [-0.15, -0.1) is 0 Å². The van der Waals surface area contributed by atoms with Gasteiger partial charge < -0.3 is 4.98 Å². The Morgan fingerprint density at radius 1 is 1.06 bits per heavy atom. The van der Waals surface area contributed by atoms with E-state index in [4.69, 9.17) is 0 Å². The number of hydrogen-bond donors (Lipinski definition) is 1. The molecule has 3 heterocycles. The highest BCUT2D eigenvalue weighted by molar-refractivity contribution is 5.82. The van der Waals surface area contributed by atoms with Crippen molar-refractivity contribution in [3.8, 4) is 11.3 Å². The second-order valence-corrected chi connectivity index (χ2v) is 3.65. The van der Waals surface area contributed by atoms with Gasteiger partial charge in [0, 0.05) is 29.5 Å². The minimum absolute atomic E-state index is 0.770. The fraction of sp³-hybridized carbons (Fsp3) is 0.0833. The predicted octanol–water partition coefficient (Wildman–Crippen LogP) is 2.33. The summed E-state index contributed by atoms with van der Waals surface area (Å²) in [6, 6.07) is 4.05. The zero-order valence-electron chi connectivity index (χ0n) is 8.81. The van der Waals surface area contributed by atoms with Gasteiger partial charge >= 0.3 is 0 Å². The number of aromatic nitrogens is 4. The highest BCUT2D eigenvalue weighted by atomic mass is 14.9. The van der Waals surface area contributed by atoms with Crippen LogP contribution in [0.4, 0.5) is 0 Å². The van der Waals surface area contributed by atoms with Gasteiger partial charge in [-0.2, -0.15) is 0 Å². The molecule has 4 nitrogen and oxygen atoms in total. The van der Waals surface area contributed by atoms with Gasteiger partial charge in [0.15, 0.2) is 0 Å². The number of nitrogens with zero attached hydrogens (tertiary/aromatic N) is 3. The lowest BCUT2D eigenvalue weighted by Gasteiger charge is -2.00. The average Bonchev–Trinajstić information content (AvgIpc) is 2.77. The Morgan fingerprint density at radius 2 is 1.88 bits per heavy atom. The number of H-pyrrole nitrogens is 1. The summed E-state index contributed by atoms with van der Waals surface area (Å²) in [5, 5.41) is 1.14. The van der Waals surface area contributed by atoms with E-state index in [-0.39, 0.29) is 0 Å². The van der Waals surface area contributed by atoms with E-state index in [9.17, 15) is 0 Å². The van der Waals surface area contributed by atoms with Crippen molar-refractivity contribution in [2.45, 2.75) is 6.92 Å². The SMILES string of the molecule is Cc1ncc(-c2cc3cc[nH]c3cn2)cn1. The first-order valence-corrected chi connectivity index (χ1v) is 5.05. The fourth-order valence-corrected chi connectivity index (χ4v) is 1.63. The highest BCUT2D eigenvalue weighted by Crippen LogP contribution is 2.19. The second kappa shape index (κ2) is 3.41. The van der Waals surface area contributed by atoms with E-state index in [2.05, 4.69) is 19.9 Å². The molecule has 16 heavy (non-hydrogen) atoms. The van der Waals surface area contributed by atoms with Gasteiger partial charge in [-0.3, -0.25) is 4.98 Å². The lowest BCUT2D eigenvalue weighted by atomic mass is 10.2. The molecular formula is C12H10N4. The Balaban J connectivity index is 2.14. The lowest BCUT2D eigenvalue weighted by Crippen LogP contribution is -1.89. The zero-order chi connectivity index (χ0) is 11.0. The highest BCUT2D eigenvalue weighted by Gasteiger charge is 2.02. The van der Waals surface area contributed by atoms with Crippen LogP contribution in [0, 0.1) is 6.92 Å². The van der Waals surface area contributed by atoms with Gasteiger partial charge in [0.05, 0.1) is 17.4 Å². The first-order chi connectivity index (χ1) is 7.83. The first kappa shape index (κ1) is 9.03. The summed E-state index contributed by atoms with van der Waals surface area (Å²) in [6.07, 6.45) is 7.32. The summed E-state index contributed by atoms with van der Waals surface area (Å²) in [4.78, 5) is 15.8. The third kappa shape index (κ3) is 1.44. The number of pyridine rings is 1. The Bertz CT molecular complexity index is 625. The molecule has 78 valence electrons. The summed E-state index contributed by atoms with van der Waals surface area (Å²) in [5.74, 6) is 0.770. The normalized spacial score (nSPS) is 10.8. The fourth-order valence-electron chi connectivity index (χ4n) is 1.63. The Kier molecular flexibility index (Phi) is 1.93. The van der Waals surface area contributed by atoms with Crippen molar-refractivity contribution >= 4 is 10.9 Å². The molecule has 1 N–H and O–H groups in total. The zero-order valence-corrected chi connectivity index (χ0v) is 8.81. The maximum Gasteiger partial charge on any atom is 0.125 e. The molecular weight excluding hydrogens is 200 g/mol. The summed E-state index contributed by atoms with van der Waals surface area (Å²) in [7, 11) is 0. The molecule has 0 fully saturated rings. The maximum atomic E-state index is 4.37. The van der Waals surface area contributed by atoms with E-state index < -0.39 is 0 Å². The molecule has 0 bridgehead atoms. The molecule has 0 radical (unpaired) electrons. The molecule has 0 aliphatic rings. The quantitative estimate of drug-likeness (QED) is 0.670. The van der Waals surface area contributed by atoms with E-state index in [1.165, 1.54) is 0 Å². The lowest BCUT2D eigenvalue weighted by molar-refractivity contribution is 1.05. The van der Waals surface area contributed by atoms with Crippen LogP contribution in [0.3, 0.4) is 0 Å². The number of nitrogens with one attached hydrogen (secondary N) is 1. The van der Waals surface area contributed by atoms with Crippen molar-refractivity contribution < 1.29 is 0 Å². The summed E-state index contributed by atoms with van der Waals surface area (Å²) < 4.78 is 0. The molecule has 0 aliphatic heterocycles. The van der Waals surface area contributed by atoms with Gasteiger partial charge in [0.1, 0.15) is 5.82 Å². The molecule has 4 heteroatoms. The van der Waals surface area contributed by atoms with Crippen molar-refractivity contribution in [1.29, 1.82) is 0 Å². The topological polar surface area (TPSA) is 54.5 Å². The number of fused-ring (bicyclic) bond motifs is 1. The molecule has 0 saturated carbocycles. The van der Waals surface area contributed by atoms with Gasteiger partial charge in [0.2, 0.25) is 0 Å². The number of rotatable bonds is 1. The van der Waals surface area contributed by atoms with Crippen molar-refractivity contribution in [3.05, 3.63) is 42.7 Å². The summed E-state index contributed by atoms with van der Waals surface area (Å²) in [6.45, 7) is 1.87. The standard InChI is InChI=1S/C12H10N4/c1-8-14-5-10(6-15-8)11-4-9-2-3-13-12(9)7-16-11/h2-7,13H,1H3. The molecule has 0 atom stereocenters. The van der Waals surface area contributed by atoms with Crippen molar-refractivity contribution in [2.75, 3.05) is 0 Å². The third-order valence-electron chi connectivity index (χ3n) is 2.51. The molecule has 0 aliphatic carbocycles. The largest absolute Gasteiger partial charge is 0.360 e. The van der Waals surface area contributed by atoms with Crippen LogP contribution in [0.1, 0.15) is 5.82 Å². The minimum atomic E-state index is 0.770. The Morgan fingerprint density at radius 3 is 2.69 bits per heavy atom.